The first-order chi connectivity index (χ1) is 13.7. The molecule has 3 aromatic rings. The summed E-state index contributed by atoms with van der Waals surface area (Å²) >= 11 is 0. The molecule has 0 atom stereocenters. The maximum atomic E-state index is 12.8. The standard InChI is InChI=1S/C24H29N3O2/c1-16-22(25-23(28)19-10-12-20(13-11-19)24(3,4)5)17(2)27(26-16)15-18-8-7-9-21(14-18)29-6/h7-14H,15H2,1-6H3,(H,25,28). The van der Waals surface area contributed by atoms with Gasteiger partial charge in [0.05, 0.1) is 30.7 Å². The van der Waals surface area contributed by atoms with E-state index in [0.29, 0.717) is 12.1 Å². The normalized spacial score (nSPS) is 11.4. The van der Waals surface area contributed by atoms with Crippen molar-refractivity contribution in [3.63, 3.8) is 0 Å². The number of hydrogen-bond donors (Lipinski definition) is 1. The number of rotatable bonds is 5. The Balaban J connectivity index is 1.78. The van der Waals surface area contributed by atoms with Gasteiger partial charge in [-0.25, -0.2) is 0 Å². The summed E-state index contributed by atoms with van der Waals surface area (Å²) in [5.41, 5.74) is 5.46. The van der Waals surface area contributed by atoms with Gasteiger partial charge < -0.3 is 10.1 Å². The van der Waals surface area contributed by atoms with Crippen molar-refractivity contribution in [2.45, 2.75) is 46.6 Å². The average Bonchev–Trinajstić information content (AvgIpc) is 2.95. The molecule has 0 bridgehead atoms. The molecule has 0 spiro atoms. The van der Waals surface area contributed by atoms with Crippen molar-refractivity contribution in [1.29, 1.82) is 0 Å². The molecule has 1 N–H and O–H groups in total. The van der Waals surface area contributed by atoms with Gasteiger partial charge in [0.2, 0.25) is 0 Å². The third-order valence-corrected chi connectivity index (χ3v) is 5.10. The van der Waals surface area contributed by atoms with Gasteiger partial charge in [-0.05, 0) is 54.7 Å². The Bertz CT molecular complexity index is 1010. The molecule has 5 heteroatoms. The first kappa shape index (κ1) is 20.6. The molecule has 5 nitrogen and oxygen atoms in total. The predicted molar refractivity (Wildman–Crippen MR) is 117 cm³/mol. The maximum Gasteiger partial charge on any atom is 0.255 e. The molecule has 0 fully saturated rings. The second-order valence-electron chi connectivity index (χ2n) is 8.34. The summed E-state index contributed by atoms with van der Waals surface area (Å²) in [5.74, 6) is 0.689. The van der Waals surface area contributed by atoms with E-state index in [4.69, 9.17) is 4.74 Å². The van der Waals surface area contributed by atoms with Gasteiger partial charge in [-0.2, -0.15) is 5.10 Å². The second kappa shape index (κ2) is 8.11. The Kier molecular flexibility index (Phi) is 5.78. The largest absolute Gasteiger partial charge is 0.497 e. The number of carbonyl (C=O) groups excluding carboxylic acids is 1. The highest BCUT2D eigenvalue weighted by atomic mass is 16.5. The summed E-state index contributed by atoms with van der Waals surface area (Å²) in [4.78, 5) is 12.8. The number of amides is 1. The first-order valence-corrected chi connectivity index (χ1v) is 9.78. The number of anilines is 1. The Morgan fingerprint density at radius 3 is 2.41 bits per heavy atom. The van der Waals surface area contributed by atoms with E-state index in [1.807, 2.05) is 67.1 Å². The van der Waals surface area contributed by atoms with Crippen LogP contribution in [-0.4, -0.2) is 22.8 Å². The number of benzene rings is 2. The van der Waals surface area contributed by atoms with Crippen molar-refractivity contribution in [2.75, 3.05) is 12.4 Å². The zero-order chi connectivity index (χ0) is 21.2. The van der Waals surface area contributed by atoms with Crippen molar-refractivity contribution < 1.29 is 9.53 Å². The molecule has 2 aromatic carbocycles. The highest BCUT2D eigenvalue weighted by molar-refractivity contribution is 6.04. The summed E-state index contributed by atoms with van der Waals surface area (Å²) in [6, 6.07) is 15.7. The molecule has 0 aliphatic heterocycles. The monoisotopic (exact) mass is 391 g/mol. The van der Waals surface area contributed by atoms with Crippen LogP contribution in [0.2, 0.25) is 0 Å². The second-order valence-corrected chi connectivity index (χ2v) is 8.34. The van der Waals surface area contributed by atoms with Gasteiger partial charge in [0, 0.05) is 5.56 Å². The minimum absolute atomic E-state index is 0.0590. The first-order valence-electron chi connectivity index (χ1n) is 9.78. The van der Waals surface area contributed by atoms with E-state index < -0.39 is 0 Å². The number of hydrogen-bond acceptors (Lipinski definition) is 3. The van der Waals surface area contributed by atoms with Gasteiger partial charge >= 0.3 is 0 Å². The van der Waals surface area contributed by atoms with Crippen molar-refractivity contribution in [3.8, 4) is 5.75 Å². The van der Waals surface area contributed by atoms with Crippen molar-refractivity contribution in [3.05, 3.63) is 76.6 Å². The smallest absolute Gasteiger partial charge is 0.255 e. The van der Waals surface area contributed by atoms with Crippen LogP contribution >= 0.6 is 0 Å². The van der Waals surface area contributed by atoms with Crippen LogP contribution in [0.4, 0.5) is 5.69 Å². The summed E-state index contributed by atoms with van der Waals surface area (Å²) in [7, 11) is 1.66. The Labute approximate surface area is 172 Å². The summed E-state index contributed by atoms with van der Waals surface area (Å²) in [6.07, 6.45) is 0. The Morgan fingerprint density at radius 2 is 1.79 bits per heavy atom. The molecule has 1 aromatic heterocycles. The number of nitrogens with zero attached hydrogens (tertiary/aromatic N) is 2. The summed E-state index contributed by atoms with van der Waals surface area (Å²) in [6.45, 7) is 11.0. The van der Waals surface area contributed by atoms with Gasteiger partial charge in [-0.1, -0.05) is 45.0 Å². The predicted octanol–water partition coefficient (Wildman–Crippen LogP) is 5.11. The number of ether oxygens (including phenoxy) is 1. The van der Waals surface area contributed by atoms with Crippen LogP contribution < -0.4 is 10.1 Å². The fourth-order valence-electron chi connectivity index (χ4n) is 3.28. The van der Waals surface area contributed by atoms with E-state index in [-0.39, 0.29) is 11.3 Å². The molecular weight excluding hydrogens is 362 g/mol. The molecule has 0 aliphatic carbocycles. The quantitative estimate of drug-likeness (QED) is 0.658. The molecule has 0 saturated carbocycles. The SMILES string of the molecule is COc1cccc(Cn2nc(C)c(NC(=O)c3ccc(C(C)(C)C)cc3)c2C)c1. The number of aromatic nitrogens is 2. The molecule has 0 unspecified atom stereocenters. The molecule has 0 radical (unpaired) electrons. The highest BCUT2D eigenvalue weighted by Gasteiger charge is 2.17. The lowest BCUT2D eigenvalue weighted by Crippen LogP contribution is -2.15. The van der Waals surface area contributed by atoms with Crippen LogP contribution in [0.3, 0.4) is 0 Å². The van der Waals surface area contributed by atoms with Gasteiger partial charge in [0.1, 0.15) is 5.75 Å². The van der Waals surface area contributed by atoms with E-state index >= 15 is 0 Å². The molecule has 29 heavy (non-hydrogen) atoms. The minimum Gasteiger partial charge on any atom is -0.497 e. The van der Waals surface area contributed by atoms with Crippen molar-refractivity contribution >= 4 is 11.6 Å². The fraction of sp³-hybridized carbons (Fsp3) is 0.333. The van der Waals surface area contributed by atoms with Crippen LogP contribution in [0.5, 0.6) is 5.75 Å². The Morgan fingerprint density at radius 1 is 1.10 bits per heavy atom. The number of nitrogens with one attached hydrogen (secondary N) is 1. The van der Waals surface area contributed by atoms with Crippen LogP contribution in [0.15, 0.2) is 48.5 Å². The highest BCUT2D eigenvalue weighted by Crippen LogP contribution is 2.24. The Hall–Kier alpha value is -3.08. The third kappa shape index (κ3) is 4.67. The fourth-order valence-corrected chi connectivity index (χ4v) is 3.28. The zero-order valence-corrected chi connectivity index (χ0v) is 18.0. The molecular formula is C24H29N3O2. The number of methoxy groups -OCH3 is 1. The van der Waals surface area contributed by atoms with Gasteiger partial charge in [-0.3, -0.25) is 9.48 Å². The summed E-state index contributed by atoms with van der Waals surface area (Å²) in [5, 5.41) is 7.65. The van der Waals surface area contributed by atoms with E-state index in [2.05, 4.69) is 31.2 Å². The lowest BCUT2D eigenvalue weighted by molar-refractivity contribution is 0.102. The van der Waals surface area contributed by atoms with E-state index in [9.17, 15) is 4.79 Å². The maximum absolute atomic E-state index is 12.8. The van der Waals surface area contributed by atoms with E-state index in [0.717, 1.165) is 28.4 Å². The molecule has 152 valence electrons. The lowest BCUT2D eigenvalue weighted by atomic mass is 9.87. The molecule has 3 rings (SSSR count). The minimum atomic E-state index is -0.127. The van der Waals surface area contributed by atoms with E-state index in [1.165, 1.54) is 5.56 Å². The van der Waals surface area contributed by atoms with Gasteiger partial charge in [0.25, 0.3) is 5.91 Å². The van der Waals surface area contributed by atoms with Crippen LogP contribution in [-0.2, 0) is 12.0 Å². The summed E-state index contributed by atoms with van der Waals surface area (Å²) < 4.78 is 7.20. The lowest BCUT2D eigenvalue weighted by Gasteiger charge is -2.19. The number of aryl methyl sites for hydroxylation is 1. The van der Waals surface area contributed by atoms with Gasteiger partial charge in [-0.15, -0.1) is 0 Å². The number of carbonyl (C=O) groups is 1. The molecule has 0 aliphatic rings. The zero-order valence-electron chi connectivity index (χ0n) is 18.0. The van der Waals surface area contributed by atoms with E-state index in [1.54, 1.807) is 7.11 Å². The van der Waals surface area contributed by atoms with Crippen molar-refractivity contribution in [1.82, 2.24) is 9.78 Å². The molecule has 1 heterocycles. The van der Waals surface area contributed by atoms with Crippen molar-refractivity contribution in [2.24, 2.45) is 0 Å². The van der Waals surface area contributed by atoms with Crippen LogP contribution in [0, 0.1) is 13.8 Å². The molecule has 0 saturated heterocycles. The van der Waals surface area contributed by atoms with Gasteiger partial charge in [0.15, 0.2) is 0 Å². The topological polar surface area (TPSA) is 56.1 Å². The average molecular weight is 392 g/mol. The van der Waals surface area contributed by atoms with Crippen LogP contribution in [0.1, 0.15) is 53.6 Å². The molecule has 1 amide bonds. The van der Waals surface area contributed by atoms with Crippen LogP contribution in [0.25, 0.3) is 0 Å². The third-order valence-electron chi connectivity index (χ3n) is 5.10.